The maximum atomic E-state index is 9.27. The van der Waals surface area contributed by atoms with Crippen molar-refractivity contribution in [3.8, 4) is 17.2 Å². The largest absolute Gasteiger partial charge is 0.508 e. The quantitative estimate of drug-likeness (QED) is 0.899. The van der Waals surface area contributed by atoms with Gasteiger partial charge in [-0.2, -0.15) is 4.98 Å². The Morgan fingerprint density at radius 1 is 1.21 bits per heavy atom. The van der Waals surface area contributed by atoms with Crippen molar-refractivity contribution in [3.63, 3.8) is 0 Å². The Kier molecular flexibility index (Phi) is 2.98. The lowest BCUT2D eigenvalue weighted by Gasteiger charge is -2.30. The van der Waals surface area contributed by atoms with Crippen LogP contribution in [0.4, 0.5) is 0 Å². The average Bonchev–Trinajstić information content (AvgIpc) is 2.91. The molecule has 1 unspecified atom stereocenters. The summed E-state index contributed by atoms with van der Waals surface area (Å²) in [6.45, 7) is 2.73. The lowest BCUT2D eigenvalue weighted by atomic mass is 9.95. The van der Waals surface area contributed by atoms with Gasteiger partial charge in [0.25, 0.3) is 5.89 Å². The molecule has 2 aromatic rings. The molecule has 0 radical (unpaired) electrons. The van der Waals surface area contributed by atoms with Gasteiger partial charge in [-0.15, -0.1) is 0 Å². The van der Waals surface area contributed by atoms with Gasteiger partial charge in [0.1, 0.15) is 11.4 Å². The fourth-order valence-corrected chi connectivity index (χ4v) is 2.27. The van der Waals surface area contributed by atoms with Crippen molar-refractivity contribution in [1.82, 2.24) is 10.1 Å². The van der Waals surface area contributed by atoms with Gasteiger partial charge in [-0.05, 0) is 50.5 Å². The summed E-state index contributed by atoms with van der Waals surface area (Å²) >= 11 is 0. The van der Waals surface area contributed by atoms with Crippen LogP contribution in [0.5, 0.6) is 5.75 Å². The van der Waals surface area contributed by atoms with E-state index < -0.39 is 5.60 Å². The van der Waals surface area contributed by atoms with Gasteiger partial charge in [0.15, 0.2) is 0 Å². The Balaban J connectivity index is 1.88. The molecule has 2 heterocycles. The molecule has 0 bridgehead atoms. The van der Waals surface area contributed by atoms with Crippen LogP contribution in [0.25, 0.3) is 11.5 Å². The van der Waals surface area contributed by atoms with Gasteiger partial charge in [-0.1, -0.05) is 5.16 Å². The van der Waals surface area contributed by atoms with Gasteiger partial charge in [-0.3, -0.25) is 0 Å². The minimum atomic E-state index is -0.448. The molecular weight excluding hydrogens is 244 g/mol. The molecule has 0 spiro atoms. The van der Waals surface area contributed by atoms with E-state index in [9.17, 15) is 5.11 Å². The van der Waals surface area contributed by atoms with Crippen molar-refractivity contribution in [2.24, 2.45) is 0 Å². The van der Waals surface area contributed by atoms with Crippen LogP contribution in [0.15, 0.2) is 28.8 Å². The van der Waals surface area contributed by atoms with E-state index >= 15 is 0 Å². The fourth-order valence-electron chi connectivity index (χ4n) is 2.27. The molecule has 1 aliphatic heterocycles. The van der Waals surface area contributed by atoms with Crippen molar-refractivity contribution in [2.75, 3.05) is 6.61 Å². The number of benzene rings is 1. The number of rotatable bonds is 2. The first kappa shape index (κ1) is 12.2. The van der Waals surface area contributed by atoms with Crippen molar-refractivity contribution in [2.45, 2.75) is 31.8 Å². The Bertz CT molecular complexity index is 556. The van der Waals surface area contributed by atoms with E-state index in [0.717, 1.165) is 31.4 Å². The van der Waals surface area contributed by atoms with E-state index in [-0.39, 0.29) is 5.75 Å². The Labute approximate surface area is 111 Å². The molecular formula is C14H16N2O3. The van der Waals surface area contributed by atoms with E-state index in [4.69, 9.17) is 9.26 Å². The zero-order valence-electron chi connectivity index (χ0n) is 10.8. The predicted octanol–water partition coefficient (Wildman–Crippen LogP) is 2.86. The highest BCUT2D eigenvalue weighted by Crippen LogP contribution is 2.33. The highest BCUT2D eigenvalue weighted by Gasteiger charge is 2.35. The molecule has 5 nitrogen and oxygen atoms in total. The molecule has 100 valence electrons. The molecule has 1 aromatic heterocycles. The third-order valence-corrected chi connectivity index (χ3v) is 3.48. The summed E-state index contributed by atoms with van der Waals surface area (Å²) in [5.41, 5.74) is 0.340. The smallest absolute Gasteiger partial charge is 0.258 e. The molecule has 1 saturated heterocycles. The first-order valence-corrected chi connectivity index (χ1v) is 6.45. The topological polar surface area (TPSA) is 68.4 Å². The van der Waals surface area contributed by atoms with Crippen LogP contribution in [-0.4, -0.2) is 21.9 Å². The third kappa shape index (κ3) is 2.33. The van der Waals surface area contributed by atoms with Crippen LogP contribution in [-0.2, 0) is 10.3 Å². The minimum absolute atomic E-state index is 0.214. The summed E-state index contributed by atoms with van der Waals surface area (Å²) in [6, 6.07) is 6.68. The zero-order valence-corrected chi connectivity index (χ0v) is 10.8. The molecule has 1 atom stereocenters. The Morgan fingerprint density at radius 2 is 2.00 bits per heavy atom. The fraction of sp³-hybridized carbons (Fsp3) is 0.429. The Hall–Kier alpha value is -1.88. The van der Waals surface area contributed by atoms with Crippen LogP contribution >= 0.6 is 0 Å². The summed E-state index contributed by atoms with van der Waals surface area (Å²) in [7, 11) is 0. The highest BCUT2D eigenvalue weighted by molar-refractivity contribution is 5.54. The van der Waals surface area contributed by atoms with Crippen LogP contribution in [0.2, 0.25) is 0 Å². The van der Waals surface area contributed by atoms with Gasteiger partial charge < -0.3 is 14.4 Å². The summed E-state index contributed by atoms with van der Waals surface area (Å²) in [5, 5.41) is 13.3. The number of hydrogen-bond acceptors (Lipinski definition) is 5. The lowest BCUT2D eigenvalue weighted by molar-refractivity contribution is -0.0770. The average molecular weight is 260 g/mol. The first-order valence-electron chi connectivity index (χ1n) is 6.45. The number of aromatic hydroxyl groups is 1. The summed E-state index contributed by atoms with van der Waals surface area (Å²) < 4.78 is 11.1. The SMILES string of the molecule is CC1(c2noc(-c3ccc(O)cc3)n2)CCCCO1. The van der Waals surface area contributed by atoms with Gasteiger partial charge >= 0.3 is 0 Å². The van der Waals surface area contributed by atoms with Gasteiger partial charge in [0.2, 0.25) is 5.82 Å². The maximum absolute atomic E-state index is 9.27. The molecule has 19 heavy (non-hydrogen) atoms. The van der Waals surface area contributed by atoms with Crippen LogP contribution in [0.1, 0.15) is 32.0 Å². The predicted molar refractivity (Wildman–Crippen MR) is 68.6 cm³/mol. The summed E-state index contributed by atoms with van der Waals surface area (Å²) in [5.74, 6) is 1.26. The van der Waals surface area contributed by atoms with Crippen LogP contribution in [0, 0.1) is 0 Å². The van der Waals surface area contributed by atoms with E-state index in [1.54, 1.807) is 24.3 Å². The van der Waals surface area contributed by atoms with Gasteiger partial charge in [0.05, 0.1) is 0 Å². The second kappa shape index (κ2) is 4.66. The number of nitrogens with zero attached hydrogens (tertiary/aromatic N) is 2. The molecule has 3 rings (SSSR count). The summed E-state index contributed by atoms with van der Waals surface area (Å²) in [4.78, 5) is 4.42. The normalized spacial score (nSPS) is 23.4. The first-order chi connectivity index (χ1) is 9.17. The second-order valence-electron chi connectivity index (χ2n) is 5.01. The molecule has 0 amide bonds. The van der Waals surface area contributed by atoms with E-state index in [1.807, 2.05) is 6.92 Å². The minimum Gasteiger partial charge on any atom is -0.508 e. The van der Waals surface area contributed by atoms with Crippen molar-refractivity contribution >= 4 is 0 Å². The molecule has 0 aliphatic carbocycles. The number of phenols is 1. The third-order valence-electron chi connectivity index (χ3n) is 3.48. The summed E-state index contributed by atoms with van der Waals surface area (Å²) in [6.07, 6.45) is 3.10. The van der Waals surface area contributed by atoms with Crippen molar-refractivity contribution < 1.29 is 14.4 Å². The van der Waals surface area contributed by atoms with Crippen LogP contribution < -0.4 is 0 Å². The van der Waals surface area contributed by atoms with Gasteiger partial charge in [0, 0.05) is 12.2 Å². The number of ether oxygens (including phenoxy) is 1. The molecule has 1 aromatic carbocycles. The molecule has 1 N–H and O–H groups in total. The molecule has 1 aliphatic rings. The standard InChI is InChI=1S/C14H16N2O3/c1-14(8-2-3-9-18-14)13-15-12(19-16-13)10-4-6-11(17)7-5-10/h4-7,17H,2-3,8-9H2,1H3. The highest BCUT2D eigenvalue weighted by atomic mass is 16.5. The van der Waals surface area contributed by atoms with E-state index in [0.29, 0.717) is 11.7 Å². The van der Waals surface area contributed by atoms with Crippen molar-refractivity contribution in [1.29, 1.82) is 0 Å². The van der Waals surface area contributed by atoms with Gasteiger partial charge in [-0.25, -0.2) is 0 Å². The second-order valence-corrected chi connectivity index (χ2v) is 5.01. The molecule has 0 saturated carbocycles. The zero-order chi connectivity index (χ0) is 13.3. The molecule has 5 heteroatoms. The number of phenolic OH excluding ortho intramolecular Hbond substituents is 1. The van der Waals surface area contributed by atoms with Crippen molar-refractivity contribution in [3.05, 3.63) is 30.1 Å². The van der Waals surface area contributed by atoms with Crippen LogP contribution in [0.3, 0.4) is 0 Å². The lowest BCUT2D eigenvalue weighted by Crippen LogP contribution is -2.31. The number of aromatic nitrogens is 2. The number of hydrogen-bond donors (Lipinski definition) is 1. The van der Waals surface area contributed by atoms with E-state index in [2.05, 4.69) is 10.1 Å². The monoisotopic (exact) mass is 260 g/mol. The van der Waals surface area contributed by atoms with E-state index in [1.165, 1.54) is 0 Å². The Morgan fingerprint density at radius 3 is 2.68 bits per heavy atom. The molecule has 1 fully saturated rings. The maximum Gasteiger partial charge on any atom is 0.258 e.